The molecule has 1 aliphatic heterocycles. The van der Waals surface area contributed by atoms with Gasteiger partial charge in [-0.3, -0.25) is 19.9 Å². The summed E-state index contributed by atoms with van der Waals surface area (Å²) in [4.78, 5) is 37.7. The van der Waals surface area contributed by atoms with E-state index in [9.17, 15) is 14.9 Å². The highest BCUT2D eigenvalue weighted by Gasteiger charge is 2.39. The number of amides is 2. The number of fused-ring (bicyclic) bond motifs is 1. The summed E-state index contributed by atoms with van der Waals surface area (Å²) in [6, 6.07) is 9.01. The number of methoxy groups -OCH3 is 2. The molecule has 1 aliphatic carbocycles. The Bertz CT molecular complexity index is 1370. The average Bonchev–Trinajstić information content (AvgIpc) is 3.41. The van der Waals surface area contributed by atoms with E-state index < -0.39 is 0 Å². The molecule has 0 saturated heterocycles. The number of carbonyl (C=O) groups excluding carboxylic acids is 2. The van der Waals surface area contributed by atoms with Gasteiger partial charge in [-0.2, -0.15) is 5.26 Å². The molecule has 1 fully saturated rings. The summed E-state index contributed by atoms with van der Waals surface area (Å²) in [5.41, 5.74) is 3.60. The van der Waals surface area contributed by atoms with Crippen LogP contribution in [0.15, 0.2) is 30.5 Å². The minimum absolute atomic E-state index is 0.0205. The van der Waals surface area contributed by atoms with E-state index >= 15 is 0 Å². The fourth-order valence-corrected chi connectivity index (χ4v) is 5.57. The molecule has 36 heavy (non-hydrogen) atoms. The van der Waals surface area contributed by atoms with Crippen molar-refractivity contribution in [3.63, 3.8) is 0 Å². The fourth-order valence-electron chi connectivity index (χ4n) is 4.58. The summed E-state index contributed by atoms with van der Waals surface area (Å²) in [5.74, 6) is 0.354. The summed E-state index contributed by atoms with van der Waals surface area (Å²) >= 11 is 1.38. The van der Waals surface area contributed by atoms with Crippen LogP contribution in [-0.4, -0.2) is 47.0 Å². The van der Waals surface area contributed by atoms with E-state index in [1.165, 1.54) is 17.5 Å². The zero-order valence-electron chi connectivity index (χ0n) is 20.2. The van der Waals surface area contributed by atoms with Gasteiger partial charge in [-0.05, 0) is 44.0 Å². The maximum atomic E-state index is 13.3. The van der Waals surface area contributed by atoms with Crippen LogP contribution in [0.1, 0.15) is 45.0 Å². The maximum absolute atomic E-state index is 13.3. The smallest absolute Gasteiger partial charge is 0.259 e. The lowest BCUT2D eigenvalue weighted by atomic mass is 9.81. The van der Waals surface area contributed by atoms with Crippen molar-refractivity contribution in [2.45, 2.75) is 39.0 Å². The molecular formula is C26H25N5O4S. The third-order valence-electron chi connectivity index (χ3n) is 6.67. The van der Waals surface area contributed by atoms with Gasteiger partial charge in [0.15, 0.2) is 5.13 Å². The van der Waals surface area contributed by atoms with Gasteiger partial charge in [0.25, 0.3) is 5.91 Å². The minimum Gasteiger partial charge on any atom is -0.496 e. The molecule has 1 aromatic carbocycles. The van der Waals surface area contributed by atoms with Gasteiger partial charge in [-0.15, -0.1) is 0 Å². The molecule has 10 heteroatoms. The third kappa shape index (κ3) is 4.43. The molecular weight excluding hydrogens is 478 g/mol. The zero-order valence-corrected chi connectivity index (χ0v) is 21.0. The van der Waals surface area contributed by atoms with Crippen LogP contribution in [0.3, 0.4) is 0 Å². The zero-order chi connectivity index (χ0) is 25.4. The first kappa shape index (κ1) is 23.9. The number of carbonyl (C=O) groups is 2. The number of ether oxygens (including phenoxy) is 2. The van der Waals surface area contributed by atoms with Crippen LogP contribution in [0.4, 0.5) is 5.13 Å². The Morgan fingerprint density at radius 3 is 2.69 bits per heavy atom. The van der Waals surface area contributed by atoms with Crippen LogP contribution in [0.5, 0.6) is 5.75 Å². The van der Waals surface area contributed by atoms with E-state index in [0.29, 0.717) is 46.2 Å². The Kier molecular flexibility index (Phi) is 6.43. The first-order valence-electron chi connectivity index (χ1n) is 11.6. The van der Waals surface area contributed by atoms with Gasteiger partial charge >= 0.3 is 0 Å². The second kappa shape index (κ2) is 9.68. The molecule has 2 amide bonds. The number of nitrogens with one attached hydrogen (secondary N) is 1. The molecule has 0 radical (unpaired) electrons. The third-order valence-corrected chi connectivity index (χ3v) is 7.66. The molecule has 3 heterocycles. The number of thiazole rings is 1. The molecule has 0 atom stereocenters. The van der Waals surface area contributed by atoms with Crippen molar-refractivity contribution in [1.82, 2.24) is 14.9 Å². The molecule has 1 saturated carbocycles. The fraction of sp³-hybridized carbons (Fsp3) is 0.346. The number of hydrogen-bond donors (Lipinski definition) is 1. The number of anilines is 1. The summed E-state index contributed by atoms with van der Waals surface area (Å²) in [6.07, 6.45) is 3.23. The van der Waals surface area contributed by atoms with Gasteiger partial charge in [-0.25, -0.2) is 4.98 Å². The standard InChI is InChI=1S/C26H25N5O4S/c1-14-6-18(19-7-15(10-27)4-5-22(19)35-3)20(11-28-14)24(32)30-26-29-21-12-31(13-23(21)36-26)25(33)16-8-17(9-16)34-2/h4-7,11,16-17H,8-9,12-13H2,1-3H3,(H,29,30,32). The number of nitriles is 1. The number of aromatic nitrogens is 2. The monoisotopic (exact) mass is 503 g/mol. The topological polar surface area (TPSA) is 117 Å². The van der Waals surface area contributed by atoms with Gasteiger partial charge in [-0.1, -0.05) is 11.3 Å². The van der Waals surface area contributed by atoms with E-state index in [0.717, 1.165) is 29.1 Å². The number of nitrogens with zero attached hydrogens (tertiary/aromatic N) is 4. The Morgan fingerprint density at radius 1 is 1.19 bits per heavy atom. The highest BCUT2D eigenvalue weighted by atomic mass is 32.1. The molecule has 9 nitrogen and oxygen atoms in total. The molecule has 3 aromatic rings. The minimum atomic E-state index is -0.359. The Hall–Kier alpha value is -3.81. The maximum Gasteiger partial charge on any atom is 0.259 e. The quantitative estimate of drug-likeness (QED) is 0.542. The normalized spacial score (nSPS) is 18.2. The van der Waals surface area contributed by atoms with Crippen LogP contribution in [0.25, 0.3) is 11.1 Å². The predicted molar refractivity (Wildman–Crippen MR) is 134 cm³/mol. The number of hydrogen-bond acceptors (Lipinski definition) is 8. The highest BCUT2D eigenvalue weighted by Crippen LogP contribution is 2.37. The van der Waals surface area contributed by atoms with Crippen LogP contribution >= 0.6 is 11.3 Å². The van der Waals surface area contributed by atoms with Crippen molar-refractivity contribution in [2.75, 3.05) is 19.5 Å². The van der Waals surface area contributed by atoms with E-state index in [4.69, 9.17) is 9.47 Å². The average molecular weight is 504 g/mol. The largest absolute Gasteiger partial charge is 0.496 e. The molecule has 5 rings (SSSR count). The number of benzene rings is 1. The molecule has 1 N–H and O–H groups in total. The SMILES string of the molecule is COc1ccc(C#N)cc1-c1cc(C)ncc1C(=O)Nc1nc2c(s1)CN(C(=O)C1CC(OC)C1)C2. The molecule has 0 unspecified atom stereocenters. The van der Waals surface area contributed by atoms with Crippen LogP contribution in [-0.2, 0) is 22.6 Å². The Labute approximate surface area is 212 Å². The second-order valence-electron chi connectivity index (χ2n) is 8.96. The van der Waals surface area contributed by atoms with Gasteiger partial charge < -0.3 is 14.4 Å². The first-order valence-corrected chi connectivity index (χ1v) is 12.4. The van der Waals surface area contributed by atoms with Gasteiger partial charge in [0.05, 0.1) is 54.1 Å². The van der Waals surface area contributed by atoms with Crippen molar-refractivity contribution in [3.8, 4) is 22.9 Å². The molecule has 184 valence electrons. The number of aryl methyl sites for hydroxylation is 1. The second-order valence-corrected chi connectivity index (χ2v) is 10.0. The summed E-state index contributed by atoms with van der Waals surface area (Å²) < 4.78 is 10.8. The summed E-state index contributed by atoms with van der Waals surface area (Å²) in [5, 5.41) is 12.7. The van der Waals surface area contributed by atoms with Crippen LogP contribution < -0.4 is 10.1 Å². The van der Waals surface area contributed by atoms with Crippen molar-refractivity contribution in [1.29, 1.82) is 5.26 Å². The van der Waals surface area contributed by atoms with Crippen LogP contribution in [0, 0.1) is 24.2 Å². The van der Waals surface area contributed by atoms with Crippen LogP contribution in [0.2, 0.25) is 0 Å². The van der Waals surface area contributed by atoms with E-state index in [2.05, 4.69) is 21.4 Å². The van der Waals surface area contributed by atoms with Gasteiger partial charge in [0.1, 0.15) is 5.75 Å². The van der Waals surface area contributed by atoms with Crippen molar-refractivity contribution < 1.29 is 19.1 Å². The predicted octanol–water partition coefficient (Wildman–Crippen LogP) is 3.91. The van der Waals surface area contributed by atoms with Crippen molar-refractivity contribution in [3.05, 3.63) is 57.9 Å². The number of pyridine rings is 1. The highest BCUT2D eigenvalue weighted by molar-refractivity contribution is 7.16. The Balaban J connectivity index is 1.34. The van der Waals surface area contributed by atoms with Crippen molar-refractivity contribution in [2.24, 2.45) is 5.92 Å². The first-order chi connectivity index (χ1) is 17.4. The lowest BCUT2D eigenvalue weighted by Gasteiger charge is -2.35. The number of rotatable bonds is 6. The lowest BCUT2D eigenvalue weighted by Crippen LogP contribution is -2.42. The van der Waals surface area contributed by atoms with Gasteiger partial charge in [0, 0.05) is 36.0 Å². The van der Waals surface area contributed by atoms with E-state index in [-0.39, 0.29) is 23.8 Å². The molecule has 2 aromatic heterocycles. The van der Waals surface area contributed by atoms with E-state index in [1.54, 1.807) is 38.5 Å². The summed E-state index contributed by atoms with van der Waals surface area (Å²) in [6.45, 7) is 2.79. The molecule has 0 bridgehead atoms. The lowest BCUT2D eigenvalue weighted by molar-refractivity contribution is -0.144. The van der Waals surface area contributed by atoms with Gasteiger partial charge in [0.2, 0.25) is 5.91 Å². The summed E-state index contributed by atoms with van der Waals surface area (Å²) in [7, 11) is 3.22. The molecule has 0 spiro atoms. The molecule has 2 aliphatic rings. The van der Waals surface area contributed by atoms with Crippen molar-refractivity contribution >= 4 is 28.3 Å². The Morgan fingerprint density at radius 2 is 2.00 bits per heavy atom. The van der Waals surface area contributed by atoms with E-state index in [1.807, 2.05) is 11.8 Å².